The average Bonchev–Trinajstić information content (AvgIpc) is 3.10. The van der Waals surface area contributed by atoms with Gasteiger partial charge in [-0.25, -0.2) is 5.43 Å². The lowest BCUT2D eigenvalue weighted by atomic mass is 9.89. The Kier molecular flexibility index (Phi) is 5.24. The zero-order chi connectivity index (χ0) is 21.4. The van der Waals surface area contributed by atoms with Crippen molar-refractivity contribution in [3.05, 3.63) is 64.8 Å². The lowest BCUT2D eigenvalue weighted by Crippen LogP contribution is -2.44. The van der Waals surface area contributed by atoms with Crippen LogP contribution < -0.4 is 10.2 Å². The number of carbonyl (C=O) groups excluding carboxylic acids is 1. The molecule has 1 aliphatic carbocycles. The van der Waals surface area contributed by atoms with Gasteiger partial charge in [-0.05, 0) is 61.6 Å². The van der Waals surface area contributed by atoms with Crippen LogP contribution in [-0.2, 0) is 17.8 Å². The second-order valence-electron chi connectivity index (χ2n) is 8.48. The second kappa shape index (κ2) is 8.19. The maximum atomic E-state index is 12.6. The van der Waals surface area contributed by atoms with Crippen molar-refractivity contribution in [2.45, 2.75) is 38.8 Å². The van der Waals surface area contributed by atoms with Gasteiger partial charge in [-0.3, -0.25) is 9.69 Å². The summed E-state index contributed by atoms with van der Waals surface area (Å²) in [6.07, 6.45) is 5.04. The van der Waals surface area contributed by atoms with Crippen LogP contribution in [0.4, 0.5) is 0 Å². The third kappa shape index (κ3) is 3.72. The number of hydrazone groups is 1. The molecule has 6 heteroatoms. The number of nitrogens with one attached hydrogen (secondary N) is 1. The number of benzene rings is 2. The van der Waals surface area contributed by atoms with Gasteiger partial charge in [-0.15, -0.1) is 0 Å². The SMILES string of the molecule is COc1cccc(C=NNC(=O)CN2CCn3c4c(c5cc(C)ccc53)CCC[C@H]42)c1. The first-order chi connectivity index (χ1) is 15.1. The number of aryl methyl sites for hydroxylation is 2. The zero-order valence-electron chi connectivity index (χ0n) is 18.1. The molecule has 160 valence electrons. The quantitative estimate of drug-likeness (QED) is 0.508. The zero-order valence-corrected chi connectivity index (χ0v) is 18.1. The average molecular weight is 417 g/mol. The van der Waals surface area contributed by atoms with Crippen LogP contribution in [0.1, 0.15) is 41.3 Å². The highest BCUT2D eigenvalue weighted by Gasteiger charge is 2.35. The highest BCUT2D eigenvalue weighted by Crippen LogP contribution is 2.42. The van der Waals surface area contributed by atoms with E-state index in [9.17, 15) is 4.79 Å². The molecule has 2 aliphatic rings. The van der Waals surface area contributed by atoms with Crippen molar-refractivity contribution < 1.29 is 9.53 Å². The van der Waals surface area contributed by atoms with Gasteiger partial charge in [-0.1, -0.05) is 23.8 Å². The molecule has 2 aromatic carbocycles. The molecule has 1 aromatic heterocycles. The molecule has 0 bridgehead atoms. The minimum Gasteiger partial charge on any atom is -0.497 e. The number of carbonyl (C=O) groups is 1. The highest BCUT2D eigenvalue weighted by molar-refractivity contribution is 5.87. The fraction of sp³-hybridized carbons (Fsp3) is 0.360. The van der Waals surface area contributed by atoms with Crippen LogP contribution in [0.3, 0.4) is 0 Å². The van der Waals surface area contributed by atoms with Crippen LogP contribution in [0.25, 0.3) is 10.9 Å². The second-order valence-corrected chi connectivity index (χ2v) is 8.48. The summed E-state index contributed by atoms with van der Waals surface area (Å²) < 4.78 is 7.71. The summed E-state index contributed by atoms with van der Waals surface area (Å²) in [4.78, 5) is 14.9. The Labute approximate surface area is 182 Å². The lowest BCUT2D eigenvalue weighted by molar-refractivity contribution is -0.123. The Hall–Kier alpha value is -3.12. The van der Waals surface area contributed by atoms with E-state index in [1.807, 2.05) is 24.3 Å². The van der Waals surface area contributed by atoms with E-state index in [2.05, 4.69) is 45.1 Å². The van der Waals surface area contributed by atoms with E-state index < -0.39 is 0 Å². The molecule has 2 heterocycles. The molecule has 0 fully saturated rings. The van der Waals surface area contributed by atoms with E-state index in [0.29, 0.717) is 12.6 Å². The van der Waals surface area contributed by atoms with Crippen molar-refractivity contribution in [2.24, 2.45) is 5.10 Å². The van der Waals surface area contributed by atoms with Gasteiger partial charge in [0.1, 0.15) is 5.75 Å². The van der Waals surface area contributed by atoms with E-state index in [1.165, 1.54) is 27.7 Å². The summed E-state index contributed by atoms with van der Waals surface area (Å²) in [6, 6.07) is 14.7. The Morgan fingerprint density at radius 2 is 2.16 bits per heavy atom. The lowest BCUT2D eigenvalue weighted by Gasteiger charge is -2.39. The molecule has 31 heavy (non-hydrogen) atoms. The van der Waals surface area contributed by atoms with E-state index in [4.69, 9.17) is 4.74 Å². The topological polar surface area (TPSA) is 58.9 Å². The number of ether oxygens (including phenoxy) is 1. The van der Waals surface area contributed by atoms with Gasteiger partial charge in [-0.2, -0.15) is 5.10 Å². The molecule has 0 saturated heterocycles. The van der Waals surface area contributed by atoms with Crippen molar-refractivity contribution in [3.8, 4) is 5.75 Å². The van der Waals surface area contributed by atoms with Crippen molar-refractivity contribution in [3.63, 3.8) is 0 Å². The van der Waals surface area contributed by atoms with Crippen molar-refractivity contribution in [1.82, 2.24) is 14.9 Å². The van der Waals surface area contributed by atoms with Gasteiger partial charge < -0.3 is 9.30 Å². The van der Waals surface area contributed by atoms with Crippen LogP contribution in [-0.4, -0.2) is 41.8 Å². The van der Waals surface area contributed by atoms with Crippen molar-refractivity contribution in [1.29, 1.82) is 0 Å². The summed E-state index contributed by atoms with van der Waals surface area (Å²) in [5.41, 5.74) is 9.13. The molecule has 3 aromatic rings. The monoisotopic (exact) mass is 416 g/mol. The normalized spacial score (nSPS) is 18.3. The first-order valence-electron chi connectivity index (χ1n) is 11.0. The Balaban J connectivity index is 1.31. The Bertz CT molecular complexity index is 1160. The Morgan fingerprint density at radius 3 is 3.03 bits per heavy atom. The van der Waals surface area contributed by atoms with Crippen LogP contribution in [0, 0.1) is 6.92 Å². The number of aromatic nitrogens is 1. The first-order valence-corrected chi connectivity index (χ1v) is 11.0. The largest absolute Gasteiger partial charge is 0.497 e. The summed E-state index contributed by atoms with van der Waals surface area (Å²) in [7, 11) is 1.63. The van der Waals surface area contributed by atoms with Gasteiger partial charge in [0.2, 0.25) is 0 Å². The molecular weight excluding hydrogens is 388 g/mol. The molecule has 1 aliphatic heterocycles. The third-order valence-corrected chi connectivity index (χ3v) is 6.48. The molecule has 0 saturated carbocycles. The number of fused-ring (bicyclic) bond motifs is 3. The summed E-state index contributed by atoms with van der Waals surface area (Å²) in [6.45, 7) is 4.32. The number of hydrogen-bond acceptors (Lipinski definition) is 4. The van der Waals surface area contributed by atoms with Gasteiger partial charge >= 0.3 is 0 Å². The molecule has 0 unspecified atom stereocenters. The van der Waals surface area contributed by atoms with Gasteiger partial charge in [0.15, 0.2) is 0 Å². The molecule has 5 rings (SSSR count). The predicted octanol–water partition coefficient (Wildman–Crippen LogP) is 3.80. The standard InChI is InChI=1S/C25H28N4O2/c1-17-9-10-22-21(13-17)20-7-4-8-23-25(20)29(22)12-11-28(23)16-24(30)27-26-15-18-5-3-6-19(14-18)31-2/h3,5-6,9-10,13-15,23H,4,7-8,11-12,16H2,1-2H3,(H,27,30)/t23-/m1/s1. The van der Waals surface area contributed by atoms with E-state index in [0.717, 1.165) is 43.7 Å². The molecule has 0 spiro atoms. The number of amides is 1. The van der Waals surface area contributed by atoms with Gasteiger partial charge in [0, 0.05) is 29.7 Å². The first kappa shape index (κ1) is 19.8. The highest BCUT2D eigenvalue weighted by atomic mass is 16.5. The van der Waals surface area contributed by atoms with E-state index in [1.54, 1.807) is 13.3 Å². The van der Waals surface area contributed by atoms with Crippen LogP contribution in [0.2, 0.25) is 0 Å². The molecule has 1 atom stereocenters. The maximum absolute atomic E-state index is 12.6. The van der Waals surface area contributed by atoms with Gasteiger partial charge in [0.05, 0.1) is 25.9 Å². The Morgan fingerprint density at radius 1 is 1.26 bits per heavy atom. The van der Waals surface area contributed by atoms with Crippen LogP contribution >= 0.6 is 0 Å². The summed E-state index contributed by atoms with van der Waals surface area (Å²) in [5.74, 6) is 0.689. The van der Waals surface area contributed by atoms with Crippen molar-refractivity contribution >= 4 is 23.0 Å². The van der Waals surface area contributed by atoms with Crippen LogP contribution in [0.5, 0.6) is 5.75 Å². The fourth-order valence-corrected chi connectivity index (χ4v) is 5.10. The molecule has 1 N–H and O–H groups in total. The fourth-order valence-electron chi connectivity index (χ4n) is 5.10. The minimum absolute atomic E-state index is 0.0772. The summed E-state index contributed by atoms with van der Waals surface area (Å²) in [5, 5.41) is 5.54. The molecule has 0 radical (unpaired) electrons. The number of rotatable bonds is 5. The smallest absolute Gasteiger partial charge is 0.254 e. The maximum Gasteiger partial charge on any atom is 0.254 e. The van der Waals surface area contributed by atoms with Crippen molar-refractivity contribution in [2.75, 3.05) is 20.2 Å². The van der Waals surface area contributed by atoms with Gasteiger partial charge in [0.25, 0.3) is 5.91 Å². The molecule has 1 amide bonds. The van der Waals surface area contributed by atoms with E-state index in [-0.39, 0.29) is 5.91 Å². The van der Waals surface area contributed by atoms with Crippen LogP contribution in [0.15, 0.2) is 47.6 Å². The molecule has 6 nitrogen and oxygen atoms in total. The predicted molar refractivity (Wildman–Crippen MR) is 123 cm³/mol. The number of hydrogen-bond donors (Lipinski definition) is 1. The van der Waals surface area contributed by atoms with E-state index >= 15 is 0 Å². The number of nitrogens with zero attached hydrogens (tertiary/aromatic N) is 3. The third-order valence-electron chi connectivity index (χ3n) is 6.48. The number of methoxy groups -OCH3 is 1. The summed E-state index contributed by atoms with van der Waals surface area (Å²) >= 11 is 0. The molecular formula is C25H28N4O2. The minimum atomic E-state index is -0.0772.